The first-order valence-corrected chi connectivity index (χ1v) is 7.71. The predicted molar refractivity (Wildman–Crippen MR) is 90.9 cm³/mol. The lowest BCUT2D eigenvalue weighted by atomic mass is 9.99. The molecule has 0 aliphatic rings. The van der Waals surface area contributed by atoms with E-state index in [0.717, 1.165) is 22.5 Å². The largest absolute Gasteiger partial charge is 0.465 e. The molecule has 0 bridgehead atoms. The molecule has 0 radical (unpaired) electrons. The number of ether oxygens (including phenoxy) is 1. The standard InChI is InChI=1S/C18H22N2O4/c1-11-15(13-5-7-14(8-6-13)18(23)24-3)16(17(19)22)12(2)20(11)9-4-10-21/h5-8,21H,4,9-10H2,1-3H3,(H2,19,22). The van der Waals surface area contributed by atoms with E-state index in [0.29, 0.717) is 24.1 Å². The number of aromatic nitrogens is 1. The summed E-state index contributed by atoms with van der Waals surface area (Å²) in [6.07, 6.45) is 0.593. The number of carbonyl (C=O) groups is 2. The molecule has 6 nitrogen and oxygen atoms in total. The topological polar surface area (TPSA) is 94.5 Å². The summed E-state index contributed by atoms with van der Waals surface area (Å²) < 4.78 is 6.68. The van der Waals surface area contributed by atoms with Crippen LogP contribution in [0.5, 0.6) is 0 Å². The molecule has 1 aromatic heterocycles. The van der Waals surface area contributed by atoms with Gasteiger partial charge in [0.15, 0.2) is 0 Å². The number of nitrogens with two attached hydrogens (primary N) is 1. The maximum atomic E-state index is 12.0. The van der Waals surface area contributed by atoms with Crippen molar-refractivity contribution in [1.82, 2.24) is 4.57 Å². The van der Waals surface area contributed by atoms with Gasteiger partial charge < -0.3 is 20.1 Å². The van der Waals surface area contributed by atoms with E-state index in [1.165, 1.54) is 7.11 Å². The van der Waals surface area contributed by atoms with Gasteiger partial charge in [0.05, 0.1) is 18.2 Å². The molecule has 0 saturated heterocycles. The van der Waals surface area contributed by atoms with Gasteiger partial charge in [0.25, 0.3) is 5.91 Å². The number of amides is 1. The Morgan fingerprint density at radius 2 is 1.79 bits per heavy atom. The second-order valence-corrected chi connectivity index (χ2v) is 5.58. The van der Waals surface area contributed by atoms with Crippen LogP contribution in [0.4, 0.5) is 0 Å². The van der Waals surface area contributed by atoms with Gasteiger partial charge in [0.1, 0.15) is 0 Å². The number of primary amides is 1. The smallest absolute Gasteiger partial charge is 0.337 e. The lowest BCUT2D eigenvalue weighted by molar-refractivity contribution is 0.0600. The minimum absolute atomic E-state index is 0.0755. The highest BCUT2D eigenvalue weighted by Crippen LogP contribution is 2.32. The quantitative estimate of drug-likeness (QED) is 0.792. The van der Waals surface area contributed by atoms with Crippen LogP contribution in [0.3, 0.4) is 0 Å². The van der Waals surface area contributed by atoms with Crippen molar-refractivity contribution in [2.75, 3.05) is 13.7 Å². The molecule has 6 heteroatoms. The van der Waals surface area contributed by atoms with Gasteiger partial charge in [-0.15, -0.1) is 0 Å². The third kappa shape index (κ3) is 3.19. The van der Waals surface area contributed by atoms with Crippen molar-refractivity contribution in [3.8, 4) is 11.1 Å². The lowest BCUT2D eigenvalue weighted by Crippen LogP contribution is -2.13. The van der Waals surface area contributed by atoms with Crippen LogP contribution in [0, 0.1) is 13.8 Å². The predicted octanol–water partition coefficient (Wildman–Crippen LogP) is 2.04. The summed E-state index contributed by atoms with van der Waals surface area (Å²) >= 11 is 0. The van der Waals surface area contributed by atoms with Crippen molar-refractivity contribution in [3.63, 3.8) is 0 Å². The fourth-order valence-corrected chi connectivity index (χ4v) is 2.99. The number of carbonyl (C=O) groups excluding carboxylic acids is 2. The first-order chi connectivity index (χ1) is 11.4. The summed E-state index contributed by atoms with van der Waals surface area (Å²) in [5, 5.41) is 9.07. The van der Waals surface area contributed by atoms with E-state index in [2.05, 4.69) is 0 Å². The third-order valence-electron chi connectivity index (χ3n) is 4.16. The molecule has 0 unspecified atom stereocenters. The van der Waals surface area contributed by atoms with Crippen LogP contribution in [-0.4, -0.2) is 35.3 Å². The SMILES string of the molecule is COC(=O)c1ccc(-c2c(C(N)=O)c(C)n(CCCO)c2C)cc1. The van der Waals surface area contributed by atoms with Gasteiger partial charge in [-0.2, -0.15) is 0 Å². The number of rotatable bonds is 6. The Morgan fingerprint density at radius 1 is 1.17 bits per heavy atom. The lowest BCUT2D eigenvalue weighted by Gasteiger charge is -2.09. The first-order valence-electron chi connectivity index (χ1n) is 7.71. The molecule has 0 saturated carbocycles. The van der Waals surface area contributed by atoms with Crippen LogP contribution in [-0.2, 0) is 11.3 Å². The molecule has 24 heavy (non-hydrogen) atoms. The second-order valence-electron chi connectivity index (χ2n) is 5.58. The van der Waals surface area contributed by atoms with Gasteiger partial charge in [-0.05, 0) is 38.0 Å². The Kier molecular flexibility index (Phi) is 5.41. The molecule has 2 rings (SSSR count). The summed E-state index contributed by atoms with van der Waals surface area (Å²) in [7, 11) is 1.33. The van der Waals surface area contributed by atoms with E-state index >= 15 is 0 Å². The van der Waals surface area contributed by atoms with Gasteiger partial charge in [-0.1, -0.05) is 12.1 Å². The van der Waals surface area contributed by atoms with Crippen molar-refractivity contribution in [2.45, 2.75) is 26.8 Å². The molecule has 0 fully saturated rings. The number of nitrogens with zero attached hydrogens (tertiary/aromatic N) is 1. The number of benzene rings is 1. The number of hydrogen-bond donors (Lipinski definition) is 2. The van der Waals surface area contributed by atoms with Crippen LogP contribution in [0.15, 0.2) is 24.3 Å². The second kappa shape index (κ2) is 7.31. The van der Waals surface area contributed by atoms with Gasteiger partial charge in [-0.25, -0.2) is 4.79 Å². The molecule has 0 spiro atoms. The van der Waals surface area contributed by atoms with Crippen LogP contribution in [0.2, 0.25) is 0 Å². The van der Waals surface area contributed by atoms with Gasteiger partial charge in [0, 0.05) is 30.1 Å². The Balaban J connectivity index is 2.56. The maximum absolute atomic E-state index is 12.0. The number of aliphatic hydroxyl groups is 1. The van der Waals surface area contributed by atoms with Gasteiger partial charge in [-0.3, -0.25) is 4.79 Å². The maximum Gasteiger partial charge on any atom is 0.337 e. The average molecular weight is 330 g/mol. The van der Waals surface area contributed by atoms with E-state index in [1.54, 1.807) is 24.3 Å². The summed E-state index contributed by atoms with van der Waals surface area (Å²) in [5.74, 6) is -0.907. The molecular formula is C18H22N2O4. The molecule has 1 aromatic carbocycles. The summed E-state index contributed by atoms with van der Waals surface area (Å²) in [6.45, 7) is 4.44. The summed E-state index contributed by atoms with van der Waals surface area (Å²) in [6, 6.07) is 6.87. The molecule has 0 aliphatic carbocycles. The Hall–Kier alpha value is -2.60. The van der Waals surface area contributed by atoms with Crippen LogP contribution in [0.1, 0.15) is 38.5 Å². The van der Waals surface area contributed by atoms with Crippen LogP contribution in [0.25, 0.3) is 11.1 Å². The van der Waals surface area contributed by atoms with Crippen molar-refractivity contribution < 1.29 is 19.4 Å². The van der Waals surface area contributed by atoms with E-state index in [-0.39, 0.29) is 6.61 Å². The minimum atomic E-state index is -0.495. The minimum Gasteiger partial charge on any atom is -0.465 e. The van der Waals surface area contributed by atoms with Gasteiger partial charge in [0.2, 0.25) is 0 Å². The molecule has 1 heterocycles. The first kappa shape index (κ1) is 17.7. The highest BCUT2D eigenvalue weighted by atomic mass is 16.5. The van der Waals surface area contributed by atoms with Crippen LogP contribution >= 0.6 is 0 Å². The number of esters is 1. The number of methoxy groups -OCH3 is 1. The molecule has 0 atom stereocenters. The van der Waals surface area contributed by atoms with Crippen molar-refractivity contribution >= 4 is 11.9 Å². The normalized spacial score (nSPS) is 10.7. The number of hydrogen-bond acceptors (Lipinski definition) is 4. The van der Waals surface area contributed by atoms with E-state index in [4.69, 9.17) is 15.6 Å². The van der Waals surface area contributed by atoms with Crippen LogP contribution < -0.4 is 5.73 Å². The molecule has 128 valence electrons. The molecule has 0 aliphatic heterocycles. The monoisotopic (exact) mass is 330 g/mol. The zero-order valence-corrected chi connectivity index (χ0v) is 14.1. The van der Waals surface area contributed by atoms with Gasteiger partial charge >= 0.3 is 5.97 Å². The van der Waals surface area contributed by atoms with E-state index < -0.39 is 11.9 Å². The van der Waals surface area contributed by atoms with Crippen molar-refractivity contribution in [1.29, 1.82) is 0 Å². The molecule has 1 amide bonds. The third-order valence-corrected chi connectivity index (χ3v) is 4.16. The molecule has 3 N–H and O–H groups in total. The molecule has 2 aromatic rings. The Bertz CT molecular complexity index is 760. The zero-order chi connectivity index (χ0) is 17.9. The Labute approximate surface area is 140 Å². The number of aliphatic hydroxyl groups excluding tert-OH is 1. The molecular weight excluding hydrogens is 308 g/mol. The summed E-state index contributed by atoms with van der Waals surface area (Å²) in [5.41, 5.74) is 9.74. The van der Waals surface area contributed by atoms with E-state index in [1.807, 2.05) is 18.4 Å². The summed E-state index contributed by atoms with van der Waals surface area (Å²) in [4.78, 5) is 23.5. The van der Waals surface area contributed by atoms with Crippen molar-refractivity contribution in [3.05, 3.63) is 46.8 Å². The highest BCUT2D eigenvalue weighted by Gasteiger charge is 2.22. The average Bonchev–Trinajstić information content (AvgIpc) is 2.83. The fraction of sp³-hybridized carbons (Fsp3) is 0.333. The highest BCUT2D eigenvalue weighted by molar-refractivity contribution is 6.02. The fourth-order valence-electron chi connectivity index (χ4n) is 2.99. The van der Waals surface area contributed by atoms with Crippen molar-refractivity contribution in [2.24, 2.45) is 5.73 Å². The zero-order valence-electron chi connectivity index (χ0n) is 14.1. The Morgan fingerprint density at radius 3 is 2.29 bits per heavy atom. The van der Waals surface area contributed by atoms with E-state index in [9.17, 15) is 9.59 Å².